The number of halogens is 1. The lowest BCUT2D eigenvalue weighted by Gasteiger charge is -2.14. The molecule has 136 valence electrons. The van der Waals surface area contributed by atoms with Gasteiger partial charge < -0.3 is 5.32 Å². The first-order valence-electron chi connectivity index (χ1n) is 8.51. The van der Waals surface area contributed by atoms with Gasteiger partial charge in [-0.25, -0.2) is 0 Å². The molecule has 2 aromatic heterocycles. The van der Waals surface area contributed by atoms with Gasteiger partial charge in [0.15, 0.2) is 0 Å². The predicted molar refractivity (Wildman–Crippen MR) is 102 cm³/mol. The van der Waals surface area contributed by atoms with E-state index < -0.39 is 0 Å². The normalized spacial score (nSPS) is 12.2. The van der Waals surface area contributed by atoms with Crippen molar-refractivity contribution in [3.63, 3.8) is 0 Å². The number of aryl methyl sites for hydroxylation is 1. The third-order valence-electron chi connectivity index (χ3n) is 4.29. The summed E-state index contributed by atoms with van der Waals surface area (Å²) >= 11 is 6.18. The van der Waals surface area contributed by atoms with E-state index in [-0.39, 0.29) is 11.8 Å². The number of carbonyl (C=O) groups is 1. The fourth-order valence-corrected chi connectivity index (χ4v) is 2.92. The molecule has 0 saturated carbocycles. The maximum absolute atomic E-state index is 12.5. The second kappa shape index (κ2) is 7.74. The largest absolute Gasteiger partial charge is 0.326 e. The maximum Gasteiger partial charge on any atom is 0.229 e. The molecular formula is C19H22ClN5O. The van der Waals surface area contributed by atoms with Crippen LogP contribution in [-0.4, -0.2) is 25.5 Å². The number of carbonyl (C=O) groups excluding carboxylic acids is 1. The van der Waals surface area contributed by atoms with Crippen molar-refractivity contribution in [3.8, 4) is 0 Å². The summed E-state index contributed by atoms with van der Waals surface area (Å²) in [6.07, 6.45) is 3.66. The van der Waals surface area contributed by atoms with E-state index in [4.69, 9.17) is 11.6 Å². The van der Waals surface area contributed by atoms with Crippen molar-refractivity contribution in [1.82, 2.24) is 19.6 Å². The standard InChI is InChI=1S/C19H22ClN5O/c1-13(11-25-15(3)18(20)14(2)23-25)19(26)22-17-7-4-6-16(10-17)12-24-9-5-8-21-24/h4-10,13H,11-12H2,1-3H3,(H,22,26). The van der Waals surface area contributed by atoms with Gasteiger partial charge in [0.2, 0.25) is 5.91 Å². The number of amides is 1. The van der Waals surface area contributed by atoms with Gasteiger partial charge in [0.1, 0.15) is 0 Å². The van der Waals surface area contributed by atoms with E-state index in [1.807, 2.05) is 62.0 Å². The van der Waals surface area contributed by atoms with E-state index in [0.29, 0.717) is 18.1 Å². The minimum absolute atomic E-state index is 0.0510. The van der Waals surface area contributed by atoms with Crippen molar-refractivity contribution < 1.29 is 4.79 Å². The highest BCUT2D eigenvalue weighted by atomic mass is 35.5. The number of hydrogen-bond donors (Lipinski definition) is 1. The molecule has 0 spiro atoms. The average Bonchev–Trinajstić information content (AvgIpc) is 3.20. The third-order valence-corrected chi connectivity index (χ3v) is 4.83. The molecule has 0 aliphatic heterocycles. The Kier molecular flexibility index (Phi) is 5.42. The molecule has 0 bridgehead atoms. The SMILES string of the molecule is Cc1nn(CC(C)C(=O)Nc2cccc(Cn3cccn3)c2)c(C)c1Cl. The third kappa shape index (κ3) is 4.14. The molecule has 1 aromatic carbocycles. The smallest absolute Gasteiger partial charge is 0.229 e. The van der Waals surface area contributed by atoms with Crippen molar-refractivity contribution in [2.75, 3.05) is 5.32 Å². The van der Waals surface area contributed by atoms with Gasteiger partial charge in [-0.2, -0.15) is 10.2 Å². The molecule has 0 saturated heterocycles. The highest BCUT2D eigenvalue weighted by Crippen LogP contribution is 2.20. The summed E-state index contributed by atoms with van der Waals surface area (Å²) in [5.41, 5.74) is 3.51. The molecule has 26 heavy (non-hydrogen) atoms. The molecule has 6 nitrogen and oxygen atoms in total. The minimum atomic E-state index is -0.237. The van der Waals surface area contributed by atoms with E-state index in [1.54, 1.807) is 10.9 Å². The zero-order valence-electron chi connectivity index (χ0n) is 15.1. The maximum atomic E-state index is 12.5. The molecular weight excluding hydrogens is 350 g/mol. The van der Waals surface area contributed by atoms with Gasteiger partial charge in [-0.05, 0) is 37.6 Å². The number of rotatable bonds is 6. The predicted octanol–water partition coefficient (Wildman–Crippen LogP) is 3.67. The zero-order valence-corrected chi connectivity index (χ0v) is 15.9. The number of anilines is 1. The molecule has 1 amide bonds. The van der Waals surface area contributed by atoms with Crippen molar-refractivity contribution in [2.45, 2.75) is 33.9 Å². The van der Waals surface area contributed by atoms with Crippen LogP contribution in [-0.2, 0) is 17.9 Å². The second-order valence-corrected chi connectivity index (χ2v) is 6.84. The van der Waals surface area contributed by atoms with Crippen molar-refractivity contribution >= 4 is 23.2 Å². The van der Waals surface area contributed by atoms with Crippen LogP contribution in [0.15, 0.2) is 42.7 Å². The molecule has 0 aliphatic carbocycles. The fourth-order valence-electron chi connectivity index (χ4n) is 2.79. The lowest BCUT2D eigenvalue weighted by molar-refractivity contribution is -0.119. The Balaban J connectivity index is 1.64. The molecule has 1 N–H and O–H groups in total. The summed E-state index contributed by atoms with van der Waals surface area (Å²) in [6, 6.07) is 9.68. The van der Waals surface area contributed by atoms with Crippen LogP contribution in [0.5, 0.6) is 0 Å². The van der Waals surface area contributed by atoms with Crippen LogP contribution in [0.1, 0.15) is 23.9 Å². The molecule has 3 rings (SSSR count). The monoisotopic (exact) mass is 371 g/mol. The van der Waals surface area contributed by atoms with E-state index in [2.05, 4.69) is 15.5 Å². The highest BCUT2D eigenvalue weighted by molar-refractivity contribution is 6.31. The van der Waals surface area contributed by atoms with Gasteiger partial charge in [-0.15, -0.1) is 0 Å². The van der Waals surface area contributed by atoms with Gasteiger partial charge >= 0.3 is 0 Å². The van der Waals surface area contributed by atoms with Crippen LogP contribution in [0.2, 0.25) is 5.02 Å². The molecule has 0 radical (unpaired) electrons. The summed E-state index contributed by atoms with van der Waals surface area (Å²) in [6.45, 7) is 6.80. The Hall–Kier alpha value is -2.60. The van der Waals surface area contributed by atoms with Crippen LogP contribution >= 0.6 is 11.6 Å². The average molecular weight is 372 g/mol. The van der Waals surface area contributed by atoms with Crippen molar-refractivity contribution in [2.24, 2.45) is 5.92 Å². The van der Waals surface area contributed by atoms with Crippen LogP contribution in [0.4, 0.5) is 5.69 Å². The van der Waals surface area contributed by atoms with Gasteiger partial charge in [-0.3, -0.25) is 14.2 Å². The summed E-state index contributed by atoms with van der Waals surface area (Å²) in [7, 11) is 0. The van der Waals surface area contributed by atoms with Crippen LogP contribution in [0.25, 0.3) is 0 Å². The highest BCUT2D eigenvalue weighted by Gasteiger charge is 2.17. The molecule has 0 aliphatic rings. The Morgan fingerprint density at radius 2 is 2.12 bits per heavy atom. The number of nitrogens with one attached hydrogen (secondary N) is 1. The van der Waals surface area contributed by atoms with Crippen LogP contribution in [0, 0.1) is 19.8 Å². The summed E-state index contributed by atoms with van der Waals surface area (Å²) in [5.74, 6) is -0.288. The first-order valence-corrected chi connectivity index (χ1v) is 8.88. The Bertz CT molecular complexity index is 901. The number of aromatic nitrogens is 4. The summed E-state index contributed by atoms with van der Waals surface area (Å²) in [4.78, 5) is 12.5. The van der Waals surface area contributed by atoms with E-state index >= 15 is 0 Å². The molecule has 7 heteroatoms. The van der Waals surface area contributed by atoms with Crippen molar-refractivity contribution in [3.05, 3.63) is 64.7 Å². The van der Waals surface area contributed by atoms with Gasteiger partial charge in [0, 0.05) is 18.1 Å². The molecule has 1 unspecified atom stereocenters. The van der Waals surface area contributed by atoms with Crippen LogP contribution < -0.4 is 5.32 Å². The van der Waals surface area contributed by atoms with E-state index in [9.17, 15) is 4.79 Å². The minimum Gasteiger partial charge on any atom is -0.326 e. The van der Waals surface area contributed by atoms with E-state index in [1.165, 1.54) is 0 Å². The quantitative estimate of drug-likeness (QED) is 0.719. The number of hydrogen-bond acceptors (Lipinski definition) is 3. The first kappa shape index (κ1) is 18.2. The summed E-state index contributed by atoms with van der Waals surface area (Å²) < 4.78 is 3.63. The Labute approximate surface area is 157 Å². The fraction of sp³-hybridized carbons (Fsp3) is 0.316. The van der Waals surface area contributed by atoms with Crippen LogP contribution in [0.3, 0.4) is 0 Å². The Morgan fingerprint density at radius 3 is 2.77 bits per heavy atom. The number of benzene rings is 1. The van der Waals surface area contributed by atoms with Crippen molar-refractivity contribution in [1.29, 1.82) is 0 Å². The van der Waals surface area contributed by atoms with Gasteiger partial charge in [-0.1, -0.05) is 30.7 Å². The second-order valence-electron chi connectivity index (χ2n) is 6.46. The molecule has 0 fully saturated rings. The van der Waals surface area contributed by atoms with E-state index in [0.717, 1.165) is 22.6 Å². The zero-order chi connectivity index (χ0) is 18.7. The van der Waals surface area contributed by atoms with Gasteiger partial charge in [0.05, 0.1) is 35.4 Å². The summed E-state index contributed by atoms with van der Waals surface area (Å²) in [5, 5.41) is 12.2. The lowest BCUT2D eigenvalue weighted by Crippen LogP contribution is -2.25. The Morgan fingerprint density at radius 1 is 1.31 bits per heavy atom. The molecule has 3 aromatic rings. The first-order chi connectivity index (χ1) is 12.4. The number of nitrogens with zero attached hydrogens (tertiary/aromatic N) is 4. The lowest BCUT2D eigenvalue weighted by atomic mass is 10.1. The van der Waals surface area contributed by atoms with Gasteiger partial charge in [0.25, 0.3) is 0 Å². The topological polar surface area (TPSA) is 64.7 Å². The molecule has 2 heterocycles. The molecule has 1 atom stereocenters.